The van der Waals surface area contributed by atoms with E-state index >= 15 is 0 Å². The maximum atomic E-state index is 12.4. The molecule has 2 aromatic heterocycles. The van der Waals surface area contributed by atoms with Crippen LogP contribution in [0.25, 0.3) is 22.3 Å². The molecular weight excluding hydrogens is 455 g/mol. The van der Waals surface area contributed by atoms with Crippen LogP contribution in [0.5, 0.6) is 0 Å². The third-order valence-corrected chi connectivity index (χ3v) is 5.99. The number of rotatable bonds is 6. The molecule has 2 aromatic carbocycles. The van der Waals surface area contributed by atoms with Crippen LogP contribution in [0.15, 0.2) is 47.3 Å². The van der Waals surface area contributed by atoms with E-state index in [-0.39, 0.29) is 5.56 Å². The van der Waals surface area contributed by atoms with Crippen LogP contribution in [-0.2, 0) is 20.3 Å². The molecule has 0 radical (unpaired) electrons. The first-order chi connectivity index (χ1) is 14.9. The summed E-state index contributed by atoms with van der Waals surface area (Å²) in [5, 5.41) is 6.42. The van der Waals surface area contributed by atoms with Crippen LogP contribution < -0.4 is 5.56 Å². The summed E-state index contributed by atoms with van der Waals surface area (Å²) in [5.74, 6) is 1.31. The predicted molar refractivity (Wildman–Crippen MR) is 126 cm³/mol. The van der Waals surface area contributed by atoms with Crippen LogP contribution in [0.4, 0.5) is 0 Å². The van der Waals surface area contributed by atoms with Crippen molar-refractivity contribution in [3.8, 4) is 11.4 Å². The number of nitrogens with one attached hydrogen (secondary N) is 1. The fourth-order valence-corrected chi connectivity index (χ4v) is 3.81. The molecule has 160 valence electrons. The Balaban J connectivity index is 1.61. The first kappa shape index (κ1) is 21.7. The first-order valence-corrected chi connectivity index (χ1v) is 10.8. The minimum absolute atomic E-state index is 0.188. The van der Waals surface area contributed by atoms with Crippen molar-refractivity contribution in [1.29, 1.82) is 0 Å². The summed E-state index contributed by atoms with van der Waals surface area (Å²) in [6.45, 7) is 3.63. The van der Waals surface area contributed by atoms with E-state index in [4.69, 9.17) is 40.5 Å². The molecular formula is C21H20Cl2N6OS. The van der Waals surface area contributed by atoms with Crippen molar-refractivity contribution in [2.24, 2.45) is 7.05 Å². The molecule has 0 aliphatic heterocycles. The molecule has 0 atom stereocenters. The average Bonchev–Trinajstić information content (AvgIpc) is 3.02. The van der Waals surface area contributed by atoms with Crippen molar-refractivity contribution < 1.29 is 0 Å². The van der Waals surface area contributed by atoms with E-state index in [1.807, 2.05) is 42.8 Å². The standard InChI is InChI=1S/C21H20Cl2N6OS/c1-3-28(11-18-24-17-10-15(23)8-9-16(17)20(30)25-18)12-29-21(31)27(2)19(26-29)13-4-6-14(22)7-5-13/h4-10H,3,11-12H2,1-2H3,(H,24,25,30). The zero-order valence-corrected chi connectivity index (χ0v) is 19.3. The smallest absolute Gasteiger partial charge is 0.258 e. The van der Waals surface area contributed by atoms with Crippen molar-refractivity contribution in [2.45, 2.75) is 20.1 Å². The molecule has 31 heavy (non-hydrogen) atoms. The lowest BCUT2D eigenvalue weighted by molar-refractivity contribution is 0.202. The maximum Gasteiger partial charge on any atom is 0.258 e. The van der Waals surface area contributed by atoms with Gasteiger partial charge in [-0.25, -0.2) is 9.67 Å². The highest BCUT2D eigenvalue weighted by atomic mass is 35.5. The lowest BCUT2D eigenvalue weighted by Gasteiger charge is -2.19. The maximum absolute atomic E-state index is 12.4. The predicted octanol–water partition coefficient (Wildman–Crippen LogP) is 4.64. The van der Waals surface area contributed by atoms with Gasteiger partial charge in [-0.15, -0.1) is 0 Å². The monoisotopic (exact) mass is 474 g/mol. The van der Waals surface area contributed by atoms with Gasteiger partial charge >= 0.3 is 0 Å². The first-order valence-electron chi connectivity index (χ1n) is 9.66. The lowest BCUT2D eigenvalue weighted by Crippen LogP contribution is -2.28. The molecule has 7 nitrogen and oxygen atoms in total. The van der Waals surface area contributed by atoms with E-state index < -0.39 is 0 Å². The molecule has 1 N–H and O–H groups in total. The molecule has 0 spiro atoms. The fraction of sp³-hybridized carbons (Fsp3) is 0.238. The molecule has 0 unspecified atom stereocenters. The lowest BCUT2D eigenvalue weighted by atomic mass is 10.2. The summed E-state index contributed by atoms with van der Waals surface area (Å²) < 4.78 is 4.22. The number of H-pyrrole nitrogens is 1. The third-order valence-electron chi connectivity index (χ3n) is 5.02. The van der Waals surface area contributed by atoms with Gasteiger partial charge in [-0.05, 0) is 61.2 Å². The summed E-state index contributed by atoms with van der Waals surface area (Å²) in [7, 11) is 1.89. The number of hydrogen-bond donors (Lipinski definition) is 1. The van der Waals surface area contributed by atoms with Crippen LogP contribution in [0.3, 0.4) is 0 Å². The van der Waals surface area contributed by atoms with Gasteiger partial charge in [0.05, 0.1) is 24.1 Å². The minimum atomic E-state index is -0.188. The molecule has 0 amide bonds. The Morgan fingerprint density at radius 3 is 2.55 bits per heavy atom. The summed E-state index contributed by atoms with van der Waals surface area (Å²) in [6.07, 6.45) is 0. The summed E-state index contributed by atoms with van der Waals surface area (Å²) >= 11 is 17.7. The molecule has 0 bridgehead atoms. The third kappa shape index (κ3) is 4.57. The van der Waals surface area contributed by atoms with Gasteiger partial charge in [0.2, 0.25) is 0 Å². The van der Waals surface area contributed by atoms with Gasteiger partial charge in [0.15, 0.2) is 10.6 Å². The Morgan fingerprint density at radius 2 is 1.84 bits per heavy atom. The van der Waals surface area contributed by atoms with Crippen molar-refractivity contribution in [1.82, 2.24) is 29.2 Å². The van der Waals surface area contributed by atoms with Crippen molar-refractivity contribution >= 4 is 46.3 Å². The van der Waals surface area contributed by atoms with Crippen molar-refractivity contribution in [3.63, 3.8) is 0 Å². The van der Waals surface area contributed by atoms with Gasteiger partial charge in [-0.1, -0.05) is 30.1 Å². The number of fused-ring (bicyclic) bond motifs is 1. The van der Waals surface area contributed by atoms with Crippen LogP contribution in [0.2, 0.25) is 10.0 Å². The van der Waals surface area contributed by atoms with Gasteiger partial charge in [0.25, 0.3) is 5.56 Å². The Hall–Kier alpha value is -2.52. The second-order valence-corrected chi connectivity index (χ2v) is 8.37. The summed E-state index contributed by atoms with van der Waals surface area (Å²) in [5.41, 5.74) is 1.31. The highest BCUT2D eigenvalue weighted by Crippen LogP contribution is 2.20. The topological polar surface area (TPSA) is 71.7 Å². The van der Waals surface area contributed by atoms with E-state index in [9.17, 15) is 4.79 Å². The highest BCUT2D eigenvalue weighted by Gasteiger charge is 2.14. The normalized spacial score (nSPS) is 11.5. The Bertz CT molecular complexity index is 1360. The fourth-order valence-electron chi connectivity index (χ4n) is 3.33. The van der Waals surface area contributed by atoms with Crippen LogP contribution in [-0.4, -0.2) is 35.8 Å². The van der Waals surface area contributed by atoms with Crippen molar-refractivity contribution in [3.05, 3.63) is 73.5 Å². The van der Waals surface area contributed by atoms with E-state index in [1.165, 1.54) is 0 Å². The van der Waals surface area contributed by atoms with E-state index in [0.29, 0.717) is 51.3 Å². The average molecular weight is 475 g/mol. The number of hydrogen-bond acceptors (Lipinski definition) is 5. The second kappa shape index (κ2) is 8.92. The van der Waals surface area contributed by atoms with Gasteiger partial charge in [-0.3, -0.25) is 9.69 Å². The van der Waals surface area contributed by atoms with E-state index in [0.717, 1.165) is 11.4 Å². The zero-order valence-electron chi connectivity index (χ0n) is 17.0. The number of halogens is 2. The van der Waals surface area contributed by atoms with Crippen LogP contribution >= 0.6 is 35.4 Å². The van der Waals surface area contributed by atoms with E-state index in [2.05, 4.69) is 14.9 Å². The molecule has 0 fully saturated rings. The largest absolute Gasteiger partial charge is 0.309 e. The Morgan fingerprint density at radius 1 is 1.13 bits per heavy atom. The summed E-state index contributed by atoms with van der Waals surface area (Å²) in [4.78, 5) is 21.9. The quantitative estimate of drug-likeness (QED) is 0.412. The van der Waals surface area contributed by atoms with Gasteiger partial charge < -0.3 is 9.55 Å². The van der Waals surface area contributed by atoms with Crippen LogP contribution in [0, 0.1) is 4.77 Å². The number of benzene rings is 2. The number of aromatic amines is 1. The number of nitrogens with zero attached hydrogens (tertiary/aromatic N) is 5. The molecule has 10 heteroatoms. The Kier molecular flexibility index (Phi) is 6.24. The van der Waals surface area contributed by atoms with Gasteiger partial charge in [0.1, 0.15) is 5.82 Å². The molecule has 0 saturated carbocycles. The van der Waals surface area contributed by atoms with Gasteiger partial charge in [0, 0.05) is 22.7 Å². The van der Waals surface area contributed by atoms with Crippen LogP contribution in [0.1, 0.15) is 12.7 Å². The van der Waals surface area contributed by atoms with Crippen molar-refractivity contribution in [2.75, 3.05) is 6.54 Å². The molecule has 4 aromatic rings. The summed E-state index contributed by atoms with van der Waals surface area (Å²) in [6, 6.07) is 12.5. The SMILES string of the molecule is CCN(Cc1nc2cc(Cl)ccc2c(=O)[nH]1)Cn1nc(-c2ccc(Cl)cc2)n(C)c1=S. The highest BCUT2D eigenvalue weighted by molar-refractivity contribution is 7.71. The zero-order chi connectivity index (χ0) is 22.1. The molecule has 0 saturated heterocycles. The van der Waals surface area contributed by atoms with Gasteiger partial charge in [-0.2, -0.15) is 5.10 Å². The molecule has 4 rings (SSSR count). The van der Waals surface area contributed by atoms with E-state index in [1.54, 1.807) is 22.9 Å². The molecule has 2 heterocycles. The number of aromatic nitrogens is 5. The minimum Gasteiger partial charge on any atom is -0.309 e. The molecule has 0 aliphatic rings. The second-order valence-electron chi connectivity index (χ2n) is 7.13. The Labute approximate surface area is 193 Å². The molecule has 0 aliphatic carbocycles.